The van der Waals surface area contributed by atoms with Crippen molar-refractivity contribution in [2.24, 2.45) is 5.92 Å². The maximum absolute atomic E-state index is 10.7. The van der Waals surface area contributed by atoms with Crippen LogP contribution in [0.15, 0.2) is 0 Å². The molecule has 0 radical (unpaired) electrons. The highest BCUT2D eigenvalue weighted by atomic mass is 16.4. The van der Waals surface area contributed by atoms with Crippen LogP contribution in [0.1, 0.15) is 39.5 Å². The fourth-order valence-corrected chi connectivity index (χ4v) is 2.66. The Morgan fingerprint density at radius 2 is 2.21 bits per heavy atom. The SMILES string of the molecule is CC[C@H]1[C@H](CC(=O)O)CCCN1CC. The Hall–Kier alpha value is -0.570. The molecule has 82 valence electrons. The number of nitrogens with zero attached hydrogens (tertiary/aromatic N) is 1. The molecular weight excluding hydrogens is 178 g/mol. The minimum Gasteiger partial charge on any atom is -0.481 e. The lowest BCUT2D eigenvalue weighted by Gasteiger charge is -2.40. The number of carboxylic acids is 1. The summed E-state index contributed by atoms with van der Waals surface area (Å²) in [6, 6.07) is 0.491. The summed E-state index contributed by atoms with van der Waals surface area (Å²) in [4.78, 5) is 13.1. The van der Waals surface area contributed by atoms with Crippen LogP contribution in [-0.2, 0) is 4.79 Å². The van der Waals surface area contributed by atoms with E-state index in [0.29, 0.717) is 18.4 Å². The van der Waals surface area contributed by atoms with Gasteiger partial charge in [0.15, 0.2) is 0 Å². The molecule has 3 nitrogen and oxygen atoms in total. The van der Waals surface area contributed by atoms with Crippen molar-refractivity contribution in [1.82, 2.24) is 4.90 Å². The van der Waals surface area contributed by atoms with Crippen LogP contribution in [0, 0.1) is 5.92 Å². The normalized spacial score (nSPS) is 29.0. The van der Waals surface area contributed by atoms with Crippen LogP contribution in [0.2, 0.25) is 0 Å². The van der Waals surface area contributed by atoms with E-state index in [0.717, 1.165) is 32.4 Å². The number of likely N-dealkylation sites (tertiary alicyclic amines) is 1. The number of carbonyl (C=O) groups is 1. The third-order valence-corrected chi connectivity index (χ3v) is 3.29. The van der Waals surface area contributed by atoms with E-state index in [4.69, 9.17) is 5.11 Å². The van der Waals surface area contributed by atoms with Crippen molar-refractivity contribution in [2.75, 3.05) is 13.1 Å². The smallest absolute Gasteiger partial charge is 0.303 e. The van der Waals surface area contributed by atoms with Crippen LogP contribution in [0.25, 0.3) is 0 Å². The molecule has 1 N–H and O–H groups in total. The Bertz CT molecular complexity index is 194. The third kappa shape index (κ3) is 2.71. The molecular formula is C11H21NO2. The molecule has 1 saturated heterocycles. The third-order valence-electron chi connectivity index (χ3n) is 3.29. The molecule has 0 unspecified atom stereocenters. The Morgan fingerprint density at radius 3 is 2.71 bits per heavy atom. The lowest BCUT2D eigenvalue weighted by Crippen LogP contribution is -2.45. The minimum absolute atomic E-state index is 0.342. The number of piperidine rings is 1. The first-order chi connectivity index (χ1) is 6.69. The molecule has 0 aromatic heterocycles. The molecule has 14 heavy (non-hydrogen) atoms. The Morgan fingerprint density at radius 1 is 1.50 bits per heavy atom. The molecule has 0 aromatic rings. The molecule has 0 amide bonds. The summed E-state index contributed by atoms with van der Waals surface area (Å²) in [6.07, 6.45) is 3.66. The highest BCUT2D eigenvalue weighted by molar-refractivity contribution is 5.67. The fourth-order valence-electron chi connectivity index (χ4n) is 2.66. The average Bonchev–Trinajstić information content (AvgIpc) is 2.16. The van der Waals surface area contributed by atoms with E-state index in [1.807, 2.05) is 0 Å². The van der Waals surface area contributed by atoms with Crippen LogP contribution >= 0.6 is 0 Å². The molecule has 0 spiro atoms. The topological polar surface area (TPSA) is 40.5 Å². The maximum atomic E-state index is 10.7. The number of aliphatic carboxylic acids is 1. The van der Waals surface area contributed by atoms with Crippen LogP contribution in [0.4, 0.5) is 0 Å². The monoisotopic (exact) mass is 199 g/mol. The van der Waals surface area contributed by atoms with Crippen molar-refractivity contribution in [3.63, 3.8) is 0 Å². The molecule has 0 aromatic carbocycles. The largest absolute Gasteiger partial charge is 0.481 e. The van der Waals surface area contributed by atoms with Gasteiger partial charge in [0, 0.05) is 12.5 Å². The first-order valence-electron chi connectivity index (χ1n) is 5.64. The molecule has 2 atom stereocenters. The second-order valence-corrected chi connectivity index (χ2v) is 4.10. The highest BCUT2D eigenvalue weighted by Crippen LogP contribution is 2.28. The molecule has 1 fully saturated rings. The van der Waals surface area contributed by atoms with Gasteiger partial charge in [-0.05, 0) is 38.3 Å². The Balaban J connectivity index is 2.58. The zero-order chi connectivity index (χ0) is 10.6. The van der Waals surface area contributed by atoms with Gasteiger partial charge in [-0.15, -0.1) is 0 Å². The Kier molecular flexibility index (Phi) is 4.39. The average molecular weight is 199 g/mol. The molecule has 1 aliphatic rings. The van der Waals surface area contributed by atoms with Crippen LogP contribution in [0.5, 0.6) is 0 Å². The van der Waals surface area contributed by atoms with Gasteiger partial charge in [0.25, 0.3) is 0 Å². The van der Waals surface area contributed by atoms with Crippen LogP contribution < -0.4 is 0 Å². The van der Waals surface area contributed by atoms with Crippen molar-refractivity contribution >= 4 is 5.97 Å². The van der Waals surface area contributed by atoms with Crippen LogP contribution in [0.3, 0.4) is 0 Å². The van der Waals surface area contributed by atoms with Gasteiger partial charge in [-0.3, -0.25) is 4.79 Å². The second-order valence-electron chi connectivity index (χ2n) is 4.10. The quantitative estimate of drug-likeness (QED) is 0.752. The van der Waals surface area contributed by atoms with Gasteiger partial charge < -0.3 is 10.0 Å². The zero-order valence-corrected chi connectivity index (χ0v) is 9.20. The molecule has 0 bridgehead atoms. The van der Waals surface area contributed by atoms with Crippen molar-refractivity contribution in [1.29, 1.82) is 0 Å². The molecule has 0 saturated carbocycles. The lowest BCUT2D eigenvalue weighted by atomic mass is 9.85. The summed E-state index contributed by atoms with van der Waals surface area (Å²) in [5, 5.41) is 8.82. The summed E-state index contributed by atoms with van der Waals surface area (Å²) in [6.45, 7) is 6.51. The minimum atomic E-state index is -0.647. The van der Waals surface area contributed by atoms with Crippen molar-refractivity contribution < 1.29 is 9.90 Å². The van der Waals surface area contributed by atoms with Gasteiger partial charge in [-0.1, -0.05) is 13.8 Å². The van der Waals surface area contributed by atoms with E-state index in [9.17, 15) is 4.79 Å². The predicted octanol–water partition coefficient (Wildman–Crippen LogP) is 1.97. The summed E-state index contributed by atoms with van der Waals surface area (Å²) >= 11 is 0. The number of rotatable bonds is 4. The molecule has 1 aliphatic heterocycles. The predicted molar refractivity (Wildman–Crippen MR) is 56.3 cm³/mol. The van der Waals surface area contributed by atoms with Gasteiger partial charge >= 0.3 is 5.97 Å². The van der Waals surface area contributed by atoms with Crippen molar-refractivity contribution in [3.8, 4) is 0 Å². The summed E-state index contributed by atoms with van der Waals surface area (Å²) in [7, 11) is 0. The molecule has 1 heterocycles. The fraction of sp³-hybridized carbons (Fsp3) is 0.909. The van der Waals surface area contributed by atoms with Gasteiger partial charge in [0.1, 0.15) is 0 Å². The standard InChI is InChI=1S/C11H21NO2/c1-3-10-9(8-11(13)14)6-5-7-12(10)4-2/h9-10H,3-8H2,1-2H3,(H,13,14)/t9-,10-/m0/s1. The van der Waals surface area contributed by atoms with E-state index in [2.05, 4.69) is 18.7 Å². The molecule has 0 aliphatic carbocycles. The van der Waals surface area contributed by atoms with E-state index < -0.39 is 5.97 Å². The van der Waals surface area contributed by atoms with Crippen molar-refractivity contribution in [3.05, 3.63) is 0 Å². The summed E-state index contributed by atoms with van der Waals surface area (Å²) in [5.74, 6) is -0.280. The van der Waals surface area contributed by atoms with E-state index in [1.54, 1.807) is 0 Å². The number of hydrogen-bond donors (Lipinski definition) is 1. The van der Waals surface area contributed by atoms with Gasteiger partial charge in [0.05, 0.1) is 0 Å². The van der Waals surface area contributed by atoms with Gasteiger partial charge in [0.2, 0.25) is 0 Å². The Labute approximate surface area is 86.1 Å². The highest BCUT2D eigenvalue weighted by Gasteiger charge is 2.30. The number of hydrogen-bond acceptors (Lipinski definition) is 2. The first kappa shape index (κ1) is 11.5. The van der Waals surface area contributed by atoms with E-state index in [1.165, 1.54) is 0 Å². The zero-order valence-electron chi connectivity index (χ0n) is 9.20. The van der Waals surface area contributed by atoms with Crippen LogP contribution in [-0.4, -0.2) is 35.1 Å². The maximum Gasteiger partial charge on any atom is 0.303 e. The second kappa shape index (κ2) is 5.35. The molecule has 3 heteroatoms. The van der Waals surface area contributed by atoms with E-state index in [-0.39, 0.29) is 0 Å². The van der Waals surface area contributed by atoms with Gasteiger partial charge in [-0.2, -0.15) is 0 Å². The van der Waals surface area contributed by atoms with Crippen molar-refractivity contribution in [2.45, 2.75) is 45.6 Å². The summed E-state index contributed by atoms with van der Waals surface area (Å²) in [5.41, 5.74) is 0. The molecule has 1 rings (SSSR count). The number of carboxylic acid groups (broad SMARTS) is 1. The lowest BCUT2D eigenvalue weighted by molar-refractivity contribution is -0.139. The first-order valence-corrected chi connectivity index (χ1v) is 5.64. The van der Waals surface area contributed by atoms with Gasteiger partial charge in [-0.25, -0.2) is 0 Å². The summed E-state index contributed by atoms with van der Waals surface area (Å²) < 4.78 is 0. The van der Waals surface area contributed by atoms with E-state index >= 15 is 0 Å².